The fraction of sp³-hybridized carbons (Fsp3) is 0.409. The molecule has 174 valence electrons. The van der Waals surface area contributed by atoms with E-state index in [4.69, 9.17) is 11.6 Å². The average molecular weight is 489 g/mol. The summed E-state index contributed by atoms with van der Waals surface area (Å²) in [6.07, 6.45) is 3.02. The molecule has 33 heavy (non-hydrogen) atoms. The zero-order chi connectivity index (χ0) is 23.5. The number of nitrogens with zero attached hydrogens (tertiary/aromatic N) is 4. The molecule has 1 fully saturated rings. The number of hydrogen-bond acceptors (Lipinski definition) is 7. The topological polar surface area (TPSA) is 109 Å². The smallest absolute Gasteiger partial charge is 0.273 e. The van der Waals surface area contributed by atoms with Crippen LogP contribution in [0.2, 0.25) is 5.02 Å². The summed E-state index contributed by atoms with van der Waals surface area (Å²) in [4.78, 5) is 48.7. The molecule has 9 nitrogen and oxygen atoms in total. The Hall–Kier alpha value is -2.98. The number of carbonyl (C=O) groups is 2. The summed E-state index contributed by atoms with van der Waals surface area (Å²) in [6.45, 7) is 5.00. The Balaban J connectivity index is 1.50. The van der Waals surface area contributed by atoms with Crippen molar-refractivity contribution < 1.29 is 9.59 Å². The Kier molecular flexibility index (Phi) is 6.94. The largest absolute Gasteiger partial charge is 0.354 e. The van der Waals surface area contributed by atoms with Crippen molar-refractivity contribution in [2.45, 2.75) is 39.3 Å². The maximum absolute atomic E-state index is 13.0. The lowest BCUT2D eigenvalue weighted by molar-refractivity contribution is -0.125. The molecule has 1 atom stereocenters. The number of aromatic nitrogens is 3. The van der Waals surface area contributed by atoms with Crippen LogP contribution in [0.25, 0.3) is 10.3 Å². The predicted molar refractivity (Wildman–Crippen MR) is 130 cm³/mol. The third-order valence-electron chi connectivity index (χ3n) is 5.33. The van der Waals surface area contributed by atoms with Crippen LogP contribution in [0, 0.1) is 5.92 Å². The van der Waals surface area contributed by atoms with Crippen LogP contribution in [-0.4, -0.2) is 45.5 Å². The molecule has 0 aliphatic carbocycles. The van der Waals surface area contributed by atoms with Crippen LogP contribution in [0.5, 0.6) is 0 Å². The molecule has 11 heteroatoms. The van der Waals surface area contributed by atoms with Crippen molar-refractivity contribution in [3.8, 4) is 0 Å². The molecule has 1 aromatic carbocycles. The lowest BCUT2D eigenvalue weighted by atomic mass is 9.97. The van der Waals surface area contributed by atoms with E-state index in [2.05, 4.69) is 20.6 Å². The number of para-hydroxylation sites is 1. The van der Waals surface area contributed by atoms with Crippen molar-refractivity contribution in [3.63, 3.8) is 0 Å². The summed E-state index contributed by atoms with van der Waals surface area (Å²) < 4.78 is 1.64. The molecule has 0 radical (unpaired) electrons. The first-order chi connectivity index (χ1) is 15.8. The minimum absolute atomic E-state index is 0.0424. The lowest BCUT2D eigenvalue weighted by Gasteiger charge is -2.32. The molecular weight excluding hydrogens is 464 g/mol. The zero-order valence-electron chi connectivity index (χ0n) is 18.4. The van der Waals surface area contributed by atoms with E-state index in [1.54, 1.807) is 24.3 Å². The van der Waals surface area contributed by atoms with E-state index >= 15 is 0 Å². The van der Waals surface area contributed by atoms with Crippen LogP contribution in [0.15, 0.2) is 35.4 Å². The molecule has 2 N–H and O–H groups in total. The summed E-state index contributed by atoms with van der Waals surface area (Å²) in [5.41, 5.74) is 0.494. The number of thiazole rings is 1. The second-order valence-electron chi connectivity index (χ2n) is 8.30. The summed E-state index contributed by atoms with van der Waals surface area (Å²) in [5.74, 6) is -0.460. The van der Waals surface area contributed by atoms with Gasteiger partial charge in [-0.1, -0.05) is 35.1 Å². The van der Waals surface area contributed by atoms with Gasteiger partial charge < -0.3 is 15.5 Å². The SMILES string of the molecule is CC(C)NC(=O)[C@H]1CCCN(c2nc3ncn(CC(=O)Nc4ccccc4Cl)c(=O)c3s2)C1. The van der Waals surface area contributed by atoms with Gasteiger partial charge in [-0.3, -0.25) is 19.0 Å². The quantitative estimate of drug-likeness (QED) is 0.552. The minimum Gasteiger partial charge on any atom is -0.354 e. The summed E-state index contributed by atoms with van der Waals surface area (Å²) in [5, 5.41) is 6.75. The van der Waals surface area contributed by atoms with Gasteiger partial charge in [-0.25, -0.2) is 4.98 Å². The van der Waals surface area contributed by atoms with Crippen LogP contribution < -0.4 is 21.1 Å². The maximum Gasteiger partial charge on any atom is 0.273 e. The number of halogens is 1. The Labute approximate surface area is 199 Å². The Morgan fingerprint density at radius 2 is 2.09 bits per heavy atom. The van der Waals surface area contributed by atoms with E-state index in [9.17, 15) is 14.4 Å². The van der Waals surface area contributed by atoms with Gasteiger partial charge in [-0.15, -0.1) is 0 Å². The molecule has 2 aromatic heterocycles. The van der Waals surface area contributed by atoms with Gasteiger partial charge in [0.1, 0.15) is 17.6 Å². The molecule has 1 aliphatic rings. The van der Waals surface area contributed by atoms with Gasteiger partial charge in [0.2, 0.25) is 11.8 Å². The van der Waals surface area contributed by atoms with Crippen LogP contribution in [0.4, 0.5) is 10.8 Å². The highest BCUT2D eigenvalue weighted by molar-refractivity contribution is 7.22. The highest BCUT2D eigenvalue weighted by Crippen LogP contribution is 2.29. The molecule has 0 spiro atoms. The molecule has 3 aromatic rings. The first-order valence-electron chi connectivity index (χ1n) is 10.8. The average Bonchev–Trinajstić information content (AvgIpc) is 3.22. The third-order valence-corrected chi connectivity index (χ3v) is 6.75. The minimum atomic E-state index is -0.383. The maximum atomic E-state index is 13.0. The first-order valence-corrected chi connectivity index (χ1v) is 12.0. The number of piperidine rings is 1. The summed E-state index contributed by atoms with van der Waals surface area (Å²) in [6, 6.07) is 6.98. The number of benzene rings is 1. The van der Waals surface area contributed by atoms with Gasteiger partial charge in [0.25, 0.3) is 5.56 Å². The second-order valence-corrected chi connectivity index (χ2v) is 9.69. The van der Waals surface area contributed by atoms with Crippen molar-refractivity contribution in [2.75, 3.05) is 23.3 Å². The van der Waals surface area contributed by atoms with Gasteiger partial charge in [0.05, 0.1) is 16.6 Å². The number of hydrogen-bond donors (Lipinski definition) is 2. The fourth-order valence-corrected chi connectivity index (χ4v) is 4.94. The summed E-state index contributed by atoms with van der Waals surface area (Å²) in [7, 11) is 0. The molecule has 4 rings (SSSR count). The van der Waals surface area contributed by atoms with E-state index < -0.39 is 0 Å². The van der Waals surface area contributed by atoms with E-state index in [1.165, 1.54) is 22.2 Å². The Morgan fingerprint density at radius 3 is 2.85 bits per heavy atom. The van der Waals surface area contributed by atoms with Crippen molar-refractivity contribution in [1.82, 2.24) is 19.9 Å². The normalized spacial score (nSPS) is 16.2. The first kappa shape index (κ1) is 23.2. The van der Waals surface area contributed by atoms with E-state index in [0.717, 1.165) is 19.4 Å². The second kappa shape index (κ2) is 9.88. The van der Waals surface area contributed by atoms with Crippen molar-refractivity contribution in [1.29, 1.82) is 0 Å². The number of fused-ring (bicyclic) bond motifs is 1. The number of anilines is 2. The highest BCUT2D eigenvalue weighted by atomic mass is 35.5. The van der Waals surface area contributed by atoms with Gasteiger partial charge in [0, 0.05) is 19.1 Å². The molecular formula is C22H25ClN6O3S. The molecule has 0 unspecified atom stereocenters. The van der Waals surface area contributed by atoms with E-state index in [-0.39, 0.29) is 35.9 Å². The van der Waals surface area contributed by atoms with E-state index in [0.29, 0.717) is 32.7 Å². The predicted octanol–water partition coefficient (Wildman–Crippen LogP) is 2.89. The third kappa shape index (κ3) is 5.33. The van der Waals surface area contributed by atoms with Crippen molar-refractivity contribution in [3.05, 3.63) is 46.0 Å². The van der Waals surface area contributed by atoms with Gasteiger partial charge in [-0.05, 0) is 38.8 Å². The molecule has 1 saturated heterocycles. The van der Waals surface area contributed by atoms with Crippen LogP contribution >= 0.6 is 22.9 Å². The van der Waals surface area contributed by atoms with Gasteiger partial charge >= 0.3 is 0 Å². The molecule has 0 saturated carbocycles. The molecule has 3 heterocycles. The van der Waals surface area contributed by atoms with E-state index in [1.807, 2.05) is 18.7 Å². The van der Waals surface area contributed by atoms with Crippen molar-refractivity contribution in [2.24, 2.45) is 5.92 Å². The molecule has 1 aliphatic heterocycles. The Morgan fingerprint density at radius 1 is 1.30 bits per heavy atom. The van der Waals surface area contributed by atoms with Gasteiger partial charge in [-0.2, -0.15) is 4.98 Å². The van der Waals surface area contributed by atoms with Crippen LogP contribution in [-0.2, 0) is 16.1 Å². The lowest BCUT2D eigenvalue weighted by Crippen LogP contribution is -2.44. The number of amides is 2. The zero-order valence-corrected chi connectivity index (χ0v) is 19.9. The monoisotopic (exact) mass is 488 g/mol. The van der Waals surface area contributed by atoms with Crippen LogP contribution in [0.1, 0.15) is 26.7 Å². The van der Waals surface area contributed by atoms with Crippen LogP contribution in [0.3, 0.4) is 0 Å². The van der Waals surface area contributed by atoms with Gasteiger partial charge in [0.15, 0.2) is 10.8 Å². The number of carbonyl (C=O) groups excluding carboxylic acids is 2. The molecule has 0 bridgehead atoms. The highest BCUT2D eigenvalue weighted by Gasteiger charge is 2.28. The molecule has 2 amide bonds. The number of rotatable bonds is 6. The van der Waals surface area contributed by atoms with Crippen molar-refractivity contribution >= 4 is 55.9 Å². The Bertz CT molecular complexity index is 1240. The fourth-order valence-electron chi connectivity index (χ4n) is 3.76. The number of nitrogens with one attached hydrogen (secondary N) is 2. The standard InChI is InChI=1S/C22H25ClN6O3S/c1-13(2)25-20(31)14-6-5-9-28(10-14)22-27-19-18(33-22)21(32)29(12-24-19)11-17(30)26-16-8-4-3-7-15(16)23/h3-4,7-8,12-14H,5-6,9-11H2,1-2H3,(H,25,31)(H,26,30)/t14-/m0/s1. The summed E-state index contributed by atoms with van der Waals surface area (Å²) >= 11 is 7.32.